The smallest absolute Gasteiger partial charge is 0.357 e. The first kappa shape index (κ1) is 9.87. The van der Waals surface area contributed by atoms with Gasteiger partial charge in [0.2, 0.25) is 0 Å². The fourth-order valence-corrected chi connectivity index (χ4v) is 1.44. The normalized spacial score (nSPS) is 18.4. The van der Waals surface area contributed by atoms with E-state index in [1.54, 1.807) is 0 Å². The summed E-state index contributed by atoms with van der Waals surface area (Å²) in [6.07, 6.45) is 1.05. The summed E-state index contributed by atoms with van der Waals surface area (Å²) < 4.78 is 28.9. The Morgan fingerprint density at radius 2 is 2.31 bits per heavy atom. The summed E-state index contributed by atoms with van der Waals surface area (Å²) in [5, 5.41) is 9.12. The Morgan fingerprint density at radius 1 is 1.62 bits per heavy atom. The number of aliphatic hydroxyl groups excluding tert-OH is 1. The number of esters is 1. The van der Waals surface area contributed by atoms with Gasteiger partial charge >= 0.3 is 5.97 Å². The van der Waals surface area contributed by atoms with Crippen molar-refractivity contribution in [2.75, 3.05) is 13.2 Å². The van der Waals surface area contributed by atoms with Crippen molar-refractivity contribution < 1.29 is 23.1 Å². The second-order valence-corrected chi connectivity index (χ2v) is 3.64. The number of rotatable bonds is 3. The average Bonchev–Trinajstić information content (AvgIpc) is 2.42. The molecule has 7 heteroatoms. The Hall–Kier alpha value is -1.21. The van der Waals surface area contributed by atoms with Crippen LogP contribution in [0.4, 0.5) is 0 Å². The lowest BCUT2D eigenvalue weighted by Gasteiger charge is -1.98. The van der Waals surface area contributed by atoms with E-state index < -0.39 is 16.0 Å². The molecule has 0 aromatic carbocycles. The minimum Gasteiger partial charge on any atom is -0.459 e. The number of nitrogens with zero attached hydrogens (tertiary/aromatic N) is 1. The molecule has 0 unspecified atom stereocenters. The van der Waals surface area contributed by atoms with E-state index >= 15 is 0 Å². The van der Waals surface area contributed by atoms with Gasteiger partial charge < -0.3 is 9.84 Å². The van der Waals surface area contributed by atoms with Crippen LogP contribution in [0.15, 0.2) is 15.9 Å². The van der Waals surface area contributed by atoms with Gasteiger partial charge in [0, 0.05) is 0 Å². The maximum Gasteiger partial charge on any atom is 0.357 e. The molecule has 0 saturated carbocycles. The van der Waals surface area contributed by atoms with Crippen molar-refractivity contribution in [1.82, 2.24) is 0 Å². The Kier molecular flexibility index (Phi) is 2.79. The number of aliphatic hydroxyl groups is 1. The van der Waals surface area contributed by atoms with E-state index in [0.29, 0.717) is 0 Å². The van der Waals surface area contributed by atoms with E-state index in [1.807, 2.05) is 0 Å². The molecule has 0 spiro atoms. The lowest BCUT2D eigenvalue weighted by Crippen LogP contribution is -2.16. The van der Waals surface area contributed by atoms with Crippen molar-refractivity contribution in [3.05, 3.63) is 11.5 Å². The molecule has 0 aromatic heterocycles. The van der Waals surface area contributed by atoms with Gasteiger partial charge in [-0.3, -0.25) is 0 Å². The molecular weight excluding hydrogens is 198 g/mol. The molecule has 0 aliphatic carbocycles. The lowest BCUT2D eigenvalue weighted by atomic mass is 10.4. The average molecular weight is 205 g/mol. The second-order valence-electron chi connectivity index (χ2n) is 2.15. The van der Waals surface area contributed by atoms with Crippen LogP contribution in [0.5, 0.6) is 0 Å². The summed E-state index contributed by atoms with van der Waals surface area (Å²) in [7, 11) is -3.62. The predicted octanol–water partition coefficient (Wildman–Crippen LogP) is -1.18. The molecule has 1 heterocycles. The standard InChI is InChI=1S/C6H7NO5S/c8-2-3-12-6(9)5-1-4-13(10,11)7-5/h1,4,8H,2-3H2. The van der Waals surface area contributed by atoms with Crippen LogP contribution in [0.1, 0.15) is 0 Å². The highest BCUT2D eigenvalue weighted by Gasteiger charge is 2.19. The first-order valence-electron chi connectivity index (χ1n) is 3.36. The molecule has 72 valence electrons. The van der Waals surface area contributed by atoms with Gasteiger partial charge in [0.05, 0.1) is 12.0 Å². The second kappa shape index (κ2) is 3.67. The van der Waals surface area contributed by atoms with Crippen LogP contribution in [-0.4, -0.2) is 38.4 Å². The van der Waals surface area contributed by atoms with Crippen molar-refractivity contribution >= 4 is 21.7 Å². The van der Waals surface area contributed by atoms with Crippen LogP contribution >= 0.6 is 0 Å². The fraction of sp³-hybridized carbons (Fsp3) is 0.333. The highest BCUT2D eigenvalue weighted by Crippen LogP contribution is 2.06. The van der Waals surface area contributed by atoms with Gasteiger partial charge in [0.15, 0.2) is 5.71 Å². The summed E-state index contributed by atoms with van der Waals surface area (Å²) >= 11 is 0. The van der Waals surface area contributed by atoms with E-state index in [2.05, 4.69) is 9.13 Å². The molecule has 0 aromatic rings. The van der Waals surface area contributed by atoms with Gasteiger partial charge in [0.25, 0.3) is 10.0 Å². The first-order chi connectivity index (χ1) is 6.05. The third-order valence-corrected chi connectivity index (χ3v) is 2.09. The van der Waals surface area contributed by atoms with Crippen LogP contribution < -0.4 is 0 Å². The van der Waals surface area contributed by atoms with E-state index in [0.717, 1.165) is 11.5 Å². The molecule has 1 N–H and O–H groups in total. The Morgan fingerprint density at radius 3 is 2.77 bits per heavy atom. The van der Waals surface area contributed by atoms with Crippen LogP contribution in [0, 0.1) is 0 Å². The quantitative estimate of drug-likeness (QED) is 0.585. The number of carbonyl (C=O) groups excluding carboxylic acids is 1. The zero-order chi connectivity index (χ0) is 9.90. The largest absolute Gasteiger partial charge is 0.459 e. The van der Waals surface area contributed by atoms with Crippen LogP contribution in [0.2, 0.25) is 0 Å². The van der Waals surface area contributed by atoms with Gasteiger partial charge in [-0.1, -0.05) is 0 Å². The maximum absolute atomic E-state index is 10.9. The van der Waals surface area contributed by atoms with E-state index in [1.165, 1.54) is 0 Å². The van der Waals surface area contributed by atoms with Gasteiger partial charge in [0.1, 0.15) is 6.61 Å². The topological polar surface area (TPSA) is 93.0 Å². The minimum atomic E-state index is -3.62. The molecule has 13 heavy (non-hydrogen) atoms. The summed E-state index contributed by atoms with van der Waals surface area (Å²) in [5.41, 5.74) is -0.270. The third kappa shape index (κ3) is 2.63. The Labute approximate surface area is 74.6 Å². The summed E-state index contributed by atoms with van der Waals surface area (Å²) in [4.78, 5) is 10.9. The predicted molar refractivity (Wildman–Crippen MR) is 43.5 cm³/mol. The maximum atomic E-state index is 10.9. The molecule has 0 atom stereocenters. The molecule has 0 bridgehead atoms. The number of hydrogen-bond acceptors (Lipinski definition) is 5. The van der Waals surface area contributed by atoms with Crippen molar-refractivity contribution in [2.24, 2.45) is 4.40 Å². The molecule has 6 nitrogen and oxygen atoms in total. The van der Waals surface area contributed by atoms with Gasteiger partial charge in [-0.25, -0.2) is 4.79 Å². The molecule has 0 fully saturated rings. The zero-order valence-corrected chi connectivity index (χ0v) is 7.32. The fourth-order valence-electron chi connectivity index (χ4n) is 0.666. The van der Waals surface area contributed by atoms with E-state index in [4.69, 9.17) is 5.11 Å². The van der Waals surface area contributed by atoms with E-state index in [-0.39, 0.29) is 18.9 Å². The monoisotopic (exact) mass is 205 g/mol. The molecule has 1 aliphatic rings. The van der Waals surface area contributed by atoms with E-state index in [9.17, 15) is 13.2 Å². The summed E-state index contributed by atoms with van der Waals surface area (Å²) in [6, 6.07) is 0. The molecule has 1 rings (SSSR count). The Balaban J connectivity index is 2.66. The third-order valence-electron chi connectivity index (χ3n) is 1.16. The number of carbonyl (C=O) groups is 1. The number of sulfonamides is 1. The minimum absolute atomic E-state index is 0.175. The zero-order valence-electron chi connectivity index (χ0n) is 6.50. The van der Waals surface area contributed by atoms with Gasteiger partial charge in [-0.2, -0.15) is 12.8 Å². The number of hydrogen-bond donors (Lipinski definition) is 1. The highest BCUT2D eigenvalue weighted by atomic mass is 32.2. The van der Waals surface area contributed by atoms with Crippen molar-refractivity contribution in [3.8, 4) is 0 Å². The summed E-state index contributed by atoms with van der Waals surface area (Å²) in [5.74, 6) is -0.855. The molecule has 0 amide bonds. The number of ether oxygens (including phenoxy) is 1. The van der Waals surface area contributed by atoms with Crippen LogP contribution in [0.3, 0.4) is 0 Å². The summed E-state index contributed by atoms with van der Waals surface area (Å²) in [6.45, 7) is -0.485. The molecule has 0 saturated heterocycles. The first-order valence-corrected chi connectivity index (χ1v) is 4.86. The van der Waals surface area contributed by atoms with Crippen molar-refractivity contribution in [2.45, 2.75) is 0 Å². The van der Waals surface area contributed by atoms with Crippen LogP contribution in [0.25, 0.3) is 0 Å². The van der Waals surface area contributed by atoms with Crippen molar-refractivity contribution in [1.29, 1.82) is 0 Å². The molecule has 1 aliphatic heterocycles. The van der Waals surface area contributed by atoms with Gasteiger partial charge in [-0.05, 0) is 6.08 Å². The molecular formula is C6H7NO5S. The van der Waals surface area contributed by atoms with Gasteiger partial charge in [-0.15, -0.1) is 0 Å². The molecule has 0 radical (unpaired) electrons. The van der Waals surface area contributed by atoms with Crippen molar-refractivity contribution in [3.63, 3.8) is 0 Å². The Bertz CT molecular complexity index is 366. The lowest BCUT2D eigenvalue weighted by molar-refractivity contribution is -0.136. The highest BCUT2D eigenvalue weighted by molar-refractivity contribution is 7.93. The SMILES string of the molecule is O=C(OCCO)C1=NS(=O)(=O)C=C1. The van der Waals surface area contributed by atoms with Crippen LogP contribution in [-0.2, 0) is 19.6 Å².